The van der Waals surface area contributed by atoms with E-state index in [1.807, 2.05) is 0 Å². The molecular weight excluding hydrogens is 260 g/mol. The molecule has 0 amide bonds. The van der Waals surface area contributed by atoms with Crippen LogP contribution in [-0.2, 0) is 10.2 Å². The summed E-state index contributed by atoms with van der Waals surface area (Å²) in [4.78, 5) is 5.83. The molecule has 0 aromatic carbocycles. The summed E-state index contributed by atoms with van der Waals surface area (Å²) in [7, 11) is 1.69. The Morgan fingerprint density at radius 2 is 2.32 bits per heavy atom. The van der Waals surface area contributed by atoms with Crippen LogP contribution in [0, 0.1) is 0 Å². The third kappa shape index (κ3) is 5.59. The highest BCUT2D eigenvalue weighted by Gasteiger charge is 2.21. The zero-order chi connectivity index (χ0) is 14.1. The third-order valence-electron chi connectivity index (χ3n) is 2.78. The number of methoxy groups -OCH3 is 1. The van der Waals surface area contributed by atoms with Gasteiger partial charge in [0.1, 0.15) is 0 Å². The number of hydrogen-bond donors (Lipinski definition) is 3. The van der Waals surface area contributed by atoms with E-state index in [1.165, 1.54) is 4.88 Å². The third-order valence-corrected chi connectivity index (χ3v) is 4.01. The van der Waals surface area contributed by atoms with E-state index in [0.29, 0.717) is 12.5 Å². The number of guanidine groups is 1. The smallest absolute Gasteiger partial charge is 0.205 e. The molecule has 1 aromatic heterocycles. The minimum absolute atomic E-state index is 0.0183. The number of aliphatic imine (C=N–C) groups is 1. The standard InChI is InChI=1S/C13H24N4OS/c1-13(2,11-6-4-9-19-11)10-16-12(17-14)15-7-5-8-18-3/h4,6,9H,5,7-8,10,14H2,1-3H3,(H2,15,16,17). The van der Waals surface area contributed by atoms with Crippen molar-refractivity contribution in [3.8, 4) is 0 Å². The molecule has 0 fully saturated rings. The van der Waals surface area contributed by atoms with Gasteiger partial charge in [-0.3, -0.25) is 10.4 Å². The van der Waals surface area contributed by atoms with Crippen LogP contribution < -0.4 is 16.6 Å². The van der Waals surface area contributed by atoms with Crippen molar-refractivity contribution in [2.45, 2.75) is 25.7 Å². The minimum atomic E-state index is 0.0183. The molecule has 0 aliphatic heterocycles. The first-order valence-corrected chi connectivity index (χ1v) is 7.26. The highest BCUT2D eigenvalue weighted by Crippen LogP contribution is 2.27. The van der Waals surface area contributed by atoms with Crippen molar-refractivity contribution in [3.63, 3.8) is 0 Å². The van der Waals surface area contributed by atoms with Crippen molar-refractivity contribution in [1.82, 2.24) is 10.7 Å². The summed E-state index contributed by atoms with van der Waals surface area (Å²) in [6.07, 6.45) is 0.922. The molecule has 1 aromatic rings. The van der Waals surface area contributed by atoms with Crippen LogP contribution in [0.1, 0.15) is 25.1 Å². The van der Waals surface area contributed by atoms with Crippen molar-refractivity contribution in [1.29, 1.82) is 0 Å². The number of nitrogens with two attached hydrogens (primary N) is 1. The minimum Gasteiger partial charge on any atom is -0.385 e. The fourth-order valence-corrected chi connectivity index (χ4v) is 2.44. The Bertz CT molecular complexity index is 376. The molecule has 5 nitrogen and oxygen atoms in total. The SMILES string of the molecule is COCCCNC(=NCC(C)(C)c1cccs1)NN. The molecular formula is C13H24N4OS. The van der Waals surface area contributed by atoms with Gasteiger partial charge in [-0.1, -0.05) is 19.9 Å². The van der Waals surface area contributed by atoms with Gasteiger partial charge in [-0.05, 0) is 17.9 Å². The first-order chi connectivity index (χ1) is 9.10. The molecule has 0 atom stereocenters. The monoisotopic (exact) mass is 284 g/mol. The molecule has 108 valence electrons. The highest BCUT2D eigenvalue weighted by molar-refractivity contribution is 7.10. The van der Waals surface area contributed by atoms with Gasteiger partial charge in [-0.2, -0.15) is 0 Å². The molecule has 0 aliphatic carbocycles. The fourth-order valence-electron chi connectivity index (χ4n) is 1.59. The van der Waals surface area contributed by atoms with E-state index >= 15 is 0 Å². The molecule has 19 heavy (non-hydrogen) atoms. The number of nitrogens with one attached hydrogen (secondary N) is 2. The van der Waals surface area contributed by atoms with E-state index in [-0.39, 0.29) is 5.41 Å². The summed E-state index contributed by atoms with van der Waals surface area (Å²) in [5.74, 6) is 6.09. The largest absolute Gasteiger partial charge is 0.385 e. The number of nitrogens with zero attached hydrogens (tertiary/aromatic N) is 1. The Hall–Kier alpha value is -1.11. The zero-order valence-electron chi connectivity index (χ0n) is 11.9. The van der Waals surface area contributed by atoms with E-state index in [1.54, 1.807) is 18.4 Å². The second-order valence-electron chi connectivity index (χ2n) is 4.94. The van der Waals surface area contributed by atoms with Gasteiger partial charge in [0.2, 0.25) is 5.96 Å². The van der Waals surface area contributed by atoms with Crippen LogP contribution in [0.3, 0.4) is 0 Å². The van der Waals surface area contributed by atoms with Crippen LogP contribution in [0.15, 0.2) is 22.5 Å². The van der Waals surface area contributed by atoms with Crippen molar-refractivity contribution >= 4 is 17.3 Å². The van der Waals surface area contributed by atoms with Crippen LogP contribution in [0.25, 0.3) is 0 Å². The second kappa shape index (κ2) is 8.14. The Balaban J connectivity index is 2.47. The first kappa shape index (κ1) is 15.9. The topological polar surface area (TPSA) is 71.7 Å². The zero-order valence-corrected chi connectivity index (χ0v) is 12.7. The van der Waals surface area contributed by atoms with Gasteiger partial charge < -0.3 is 10.1 Å². The lowest BCUT2D eigenvalue weighted by Gasteiger charge is -2.21. The summed E-state index contributed by atoms with van der Waals surface area (Å²) in [5, 5.41) is 5.25. The molecule has 1 heterocycles. The van der Waals surface area contributed by atoms with Gasteiger partial charge in [-0.15, -0.1) is 11.3 Å². The normalized spacial score (nSPS) is 12.5. The summed E-state index contributed by atoms with van der Waals surface area (Å²) in [5.41, 5.74) is 2.62. The molecule has 0 spiro atoms. The van der Waals surface area contributed by atoms with Gasteiger partial charge in [0, 0.05) is 30.6 Å². The van der Waals surface area contributed by atoms with Gasteiger partial charge in [-0.25, -0.2) is 5.84 Å². The summed E-state index contributed by atoms with van der Waals surface area (Å²) in [6.45, 7) is 6.56. The van der Waals surface area contributed by atoms with E-state index < -0.39 is 0 Å². The lowest BCUT2D eigenvalue weighted by atomic mass is 9.92. The molecule has 0 bridgehead atoms. The predicted octanol–water partition coefficient (Wildman–Crippen LogP) is 1.47. The molecule has 4 N–H and O–H groups in total. The first-order valence-electron chi connectivity index (χ1n) is 6.38. The van der Waals surface area contributed by atoms with Crippen LogP contribution in [0.4, 0.5) is 0 Å². The van der Waals surface area contributed by atoms with Crippen molar-refractivity contribution in [2.24, 2.45) is 10.8 Å². The van der Waals surface area contributed by atoms with Crippen molar-refractivity contribution < 1.29 is 4.74 Å². The lowest BCUT2D eigenvalue weighted by Crippen LogP contribution is -2.43. The molecule has 0 unspecified atom stereocenters. The second-order valence-corrected chi connectivity index (χ2v) is 5.89. The van der Waals surface area contributed by atoms with E-state index in [4.69, 9.17) is 10.6 Å². The quantitative estimate of drug-likeness (QED) is 0.233. The number of hydrazine groups is 1. The molecule has 1 rings (SSSR count). The molecule has 6 heteroatoms. The Morgan fingerprint density at radius 1 is 1.53 bits per heavy atom. The lowest BCUT2D eigenvalue weighted by molar-refractivity contribution is 0.195. The Labute approximate surface area is 119 Å². The van der Waals surface area contributed by atoms with Crippen molar-refractivity contribution in [3.05, 3.63) is 22.4 Å². The van der Waals surface area contributed by atoms with Crippen LogP contribution in [-0.4, -0.2) is 32.8 Å². The maximum absolute atomic E-state index is 5.46. The Morgan fingerprint density at radius 3 is 2.89 bits per heavy atom. The molecule has 0 radical (unpaired) electrons. The summed E-state index contributed by atoms with van der Waals surface area (Å²) in [6, 6.07) is 4.21. The van der Waals surface area contributed by atoms with E-state index in [0.717, 1.165) is 19.6 Å². The van der Waals surface area contributed by atoms with E-state index in [2.05, 4.69) is 47.1 Å². The predicted molar refractivity (Wildman–Crippen MR) is 81.5 cm³/mol. The Kier molecular flexibility index (Phi) is 6.83. The fraction of sp³-hybridized carbons (Fsp3) is 0.615. The number of hydrogen-bond acceptors (Lipinski definition) is 4. The number of rotatable bonds is 7. The molecule has 0 aliphatic rings. The number of ether oxygens (including phenoxy) is 1. The van der Waals surface area contributed by atoms with E-state index in [9.17, 15) is 0 Å². The van der Waals surface area contributed by atoms with Crippen LogP contribution in [0.2, 0.25) is 0 Å². The van der Waals surface area contributed by atoms with Gasteiger partial charge in [0.25, 0.3) is 0 Å². The average Bonchev–Trinajstić information content (AvgIpc) is 2.92. The maximum Gasteiger partial charge on any atom is 0.205 e. The van der Waals surface area contributed by atoms with Gasteiger partial charge in [0.05, 0.1) is 6.54 Å². The maximum atomic E-state index is 5.46. The average molecular weight is 284 g/mol. The highest BCUT2D eigenvalue weighted by atomic mass is 32.1. The van der Waals surface area contributed by atoms with Crippen LogP contribution in [0.5, 0.6) is 0 Å². The molecule has 0 saturated heterocycles. The number of thiophene rings is 1. The molecule has 0 saturated carbocycles. The van der Waals surface area contributed by atoms with Gasteiger partial charge in [0.15, 0.2) is 0 Å². The summed E-state index contributed by atoms with van der Waals surface area (Å²) < 4.78 is 4.99. The summed E-state index contributed by atoms with van der Waals surface area (Å²) >= 11 is 1.76. The van der Waals surface area contributed by atoms with Gasteiger partial charge >= 0.3 is 0 Å². The van der Waals surface area contributed by atoms with Crippen LogP contribution >= 0.6 is 11.3 Å². The van der Waals surface area contributed by atoms with Crippen molar-refractivity contribution in [2.75, 3.05) is 26.8 Å².